The van der Waals surface area contributed by atoms with E-state index in [9.17, 15) is 0 Å². The first kappa shape index (κ1) is 8.02. The molecule has 0 bridgehead atoms. The Bertz CT molecular complexity index is 71.3. The van der Waals surface area contributed by atoms with Gasteiger partial charge in [0.1, 0.15) is 0 Å². The average Bonchev–Trinajstić information content (AvgIpc) is 1.68. The molecule has 0 rings (SSSR count). The van der Waals surface area contributed by atoms with Gasteiger partial charge in [-0.2, -0.15) is 0 Å². The maximum absolute atomic E-state index is 5.44. The molecule has 0 radical (unpaired) electrons. The molecule has 42 valence electrons. The SMILES string of the molecule is CSS/C(Cl)=C/Cl. The fraction of sp³-hybridized carbons (Fsp3) is 0.333. The summed E-state index contributed by atoms with van der Waals surface area (Å²) in [7, 11) is 3.01. The minimum absolute atomic E-state index is 0.620. The van der Waals surface area contributed by atoms with Crippen molar-refractivity contribution in [3.05, 3.63) is 9.90 Å². The summed E-state index contributed by atoms with van der Waals surface area (Å²) in [5, 5.41) is 0. The second-order valence-corrected chi connectivity index (χ2v) is 3.95. The van der Waals surface area contributed by atoms with Gasteiger partial charge >= 0.3 is 0 Å². The van der Waals surface area contributed by atoms with Crippen molar-refractivity contribution in [1.29, 1.82) is 0 Å². The summed E-state index contributed by atoms with van der Waals surface area (Å²) in [6.07, 6.45) is 1.94. The summed E-state index contributed by atoms with van der Waals surface area (Å²) < 4.78 is 0.620. The van der Waals surface area contributed by atoms with E-state index in [0.29, 0.717) is 4.36 Å². The minimum atomic E-state index is 0.620. The third-order valence-corrected chi connectivity index (χ3v) is 2.81. The van der Waals surface area contributed by atoms with E-state index in [4.69, 9.17) is 23.2 Å². The Kier molecular flexibility index (Phi) is 5.91. The van der Waals surface area contributed by atoms with Crippen molar-refractivity contribution in [3.63, 3.8) is 0 Å². The molecule has 0 saturated heterocycles. The van der Waals surface area contributed by atoms with Gasteiger partial charge in [0.05, 0.1) is 4.36 Å². The Hall–Kier alpha value is 1.02. The number of halogens is 2. The second-order valence-electron chi connectivity index (χ2n) is 0.663. The van der Waals surface area contributed by atoms with Crippen LogP contribution in [0.15, 0.2) is 9.90 Å². The van der Waals surface area contributed by atoms with E-state index >= 15 is 0 Å². The molecule has 0 saturated carbocycles. The van der Waals surface area contributed by atoms with Gasteiger partial charge in [0.15, 0.2) is 0 Å². The summed E-state index contributed by atoms with van der Waals surface area (Å²) in [5.74, 6) is 0. The molecule has 0 atom stereocenters. The van der Waals surface area contributed by atoms with Crippen molar-refractivity contribution in [1.82, 2.24) is 0 Å². The van der Waals surface area contributed by atoms with Crippen LogP contribution in [0, 0.1) is 0 Å². The molecule has 0 aromatic carbocycles. The molecule has 0 aliphatic rings. The lowest BCUT2D eigenvalue weighted by atomic mass is 11.2. The molecule has 0 aliphatic carbocycles. The maximum atomic E-state index is 5.44. The van der Waals surface area contributed by atoms with E-state index in [0.717, 1.165) is 0 Å². The fourth-order valence-corrected chi connectivity index (χ4v) is 1.77. The van der Waals surface area contributed by atoms with Crippen LogP contribution in [0.4, 0.5) is 0 Å². The maximum Gasteiger partial charge on any atom is 0.0954 e. The first-order valence-corrected chi connectivity index (χ1v) is 4.85. The normalized spacial score (nSPS) is 12.1. The fourth-order valence-electron chi connectivity index (χ4n) is 0.0978. The van der Waals surface area contributed by atoms with Gasteiger partial charge in [0.2, 0.25) is 0 Å². The van der Waals surface area contributed by atoms with Crippen molar-refractivity contribution < 1.29 is 0 Å². The lowest BCUT2D eigenvalue weighted by Gasteiger charge is -1.85. The van der Waals surface area contributed by atoms with E-state index in [-0.39, 0.29) is 0 Å². The van der Waals surface area contributed by atoms with Crippen LogP contribution >= 0.6 is 44.8 Å². The molecule has 0 unspecified atom stereocenters. The van der Waals surface area contributed by atoms with Crippen molar-refractivity contribution in [2.75, 3.05) is 6.26 Å². The van der Waals surface area contributed by atoms with Gasteiger partial charge < -0.3 is 0 Å². The second kappa shape index (κ2) is 5.16. The summed E-state index contributed by atoms with van der Waals surface area (Å²) in [5.41, 5.74) is 1.35. The van der Waals surface area contributed by atoms with Crippen molar-refractivity contribution >= 4 is 44.8 Å². The van der Waals surface area contributed by atoms with Gasteiger partial charge in [0.25, 0.3) is 0 Å². The molecule has 0 amide bonds. The van der Waals surface area contributed by atoms with E-state index in [1.807, 2.05) is 6.26 Å². The van der Waals surface area contributed by atoms with E-state index in [2.05, 4.69) is 0 Å². The van der Waals surface area contributed by atoms with Crippen molar-refractivity contribution in [2.45, 2.75) is 0 Å². The molecule has 0 aromatic heterocycles. The van der Waals surface area contributed by atoms with E-state index in [1.165, 1.54) is 16.3 Å². The summed E-state index contributed by atoms with van der Waals surface area (Å²) in [6, 6.07) is 0. The zero-order valence-corrected chi connectivity index (χ0v) is 6.79. The average molecular weight is 175 g/mol. The molecular formula is C3H4Cl2S2. The predicted molar refractivity (Wildman–Crippen MR) is 40.9 cm³/mol. The van der Waals surface area contributed by atoms with Crippen LogP contribution in [0.3, 0.4) is 0 Å². The molecule has 0 aliphatic heterocycles. The lowest BCUT2D eigenvalue weighted by molar-refractivity contribution is 2.40. The van der Waals surface area contributed by atoms with Crippen LogP contribution < -0.4 is 0 Å². The highest BCUT2D eigenvalue weighted by atomic mass is 35.5. The Balaban J connectivity index is 3.17. The first-order valence-electron chi connectivity index (χ1n) is 1.47. The van der Waals surface area contributed by atoms with Crippen LogP contribution in [0.1, 0.15) is 0 Å². The zero-order valence-electron chi connectivity index (χ0n) is 3.65. The minimum Gasteiger partial charge on any atom is -0.0915 e. The van der Waals surface area contributed by atoms with Crippen LogP contribution in [0.5, 0.6) is 0 Å². The molecular weight excluding hydrogens is 171 g/mol. The molecule has 0 N–H and O–H groups in total. The van der Waals surface area contributed by atoms with Gasteiger partial charge in [-0.3, -0.25) is 0 Å². The summed E-state index contributed by atoms with van der Waals surface area (Å²) in [4.78, 5) is 0. The largest absolute Gasteiger partial charge is 0.0954 e. The Morgan fingerprint density at radius 2 is 2.29 bits per heavy atom. The zero-order chi connectivity index (χ0) is 5.70. The topological polar surface area (TPSA) is 0 Å². The third kappa shape index (κ3) is 4.88. The molecule has 0 fully saturated rings. The first-order chi connectivity index (χ1) is 3.31. The molecule has 4 heteroatoms. The monoisotopic (exact) mass is 174 g/mol. The van der Waals surface area contributed by atoms with E-state index < -0.39 is 0 Å². The van der Waals surface area contributed by atoms with Crippen molar-refractivity contribution in [2.24, 2.45) is 0 Å². The highest BCUT2D eigenvalue weighted by Crippen LogP contribution is 2.30. The van der Waals surface area contributed by atoms with Gasteiger partial charge in [-0.05, 0) is 17.0 Å². The van der Waals surface area contributed by atoms with Crippen LogP contribution in [-0.2, 0) is 0 Å². The highest BCUT2D eigenvalue weighted by Gasteiger charge is 1.85. The molecule has 0 nitrogen and oxygen atoms in total. The highest BCUT2D eigenvalue weighted by molar-refractivity contribution is 8.78. The summed E-state index contributed by atoms with van der Waals surface area (Å²) >= 11 is 10.6. The van der Waals surface area contributed by atoms with E-state index in [1.54, 1.807) is 10.8 Å². The standard InChI is InChI=1S/C3H4Cl2S2/c1-6-7-3(5)2-4/h2H,1H3/b3-2+. The predicted octanol–water partition coefficient (Wildman–Crippen LogP) is 3.27. The third-order valence-electron chi connectivity index (χ3n) is 0.249. The molecule has 0 spiro atoms. The summed E-state index contributed by atoms with van der Waals surface area (Å²) in [6.45, 7) is 0. The number of hydrogen-bond acceptors (Lipinski definition) is 2. The van der Waals surface area contributed by atoms with Gasteiger partial charge in [-0.1, -0.05) is 34.0 Å². The van der Waals surface area contributed by atoms with Crippen LogP contribution in [-0.4, -0.2) is 6.26 Å². The Morgan fingerprint density at radius 3 is 2.43 bits per heavy atom. The molecule has 0 heterocycles. The van der Waals surface area contributed by atoms with Crippen LogP contribution in [0.25, 0.3) is 0 Å². The smallest absolute Gasteiger partial charge is 0.0915 e. The van der Waals surface area contributed by atoms with Gasteiger partial charge in [-0.25, -0.2) is 0 Å². The Labute approximate surface area is 61.0 Å². The van der Waals surface area contributed by atoms with Crippen LogP contribution in [0.2, 0.25) is 0 Å². The molecule has 0 aromatic rings. The number of hydrogen-bond donors (Lipinski definition) is 0. The van der Waals surface area contributed by atoms with Gasteiger partial charge in [-0.15, -0.1) is 0 Å². The molecule has 7 heavy (non-hydrogen) atoms. The lowest BCUT2D eigenvalue weighted by Crippen LogP contribution is -1.47. The van der Waals surface area contributed by atoms with Crippen molar-refractivity contribution in [3.8, 4) is 0 Å². The Morgan fingerprint density at radius 1 is 1.71 bits per heavy atom. The number of rotatable bonds is 2. The van der Waals surface area contributed by atoms with Gasteiger partial charge in [0, 0.05) is 5.54 Å². The quantitative estimate of drug-likeness (QED) is 0.590.